The van der Waals surface area contributed by atoms with Crippen LogP contribution in [0.15, 0.2) is 24.5 Å². The highest BCUT2D eigenvalue weighted by molar-refractivity contribution is 6.30. The van der Waals surface area contributed by atoms with Gasteiger partial charge in [0.25, 0.3) is 0 Å². The number of halogens is 2. The predicted octanol–water partition coefficient (Wildman–Crippen LogP) is 2.03. The summed E-state index contributed by atoms with van der Waals surface area (Å²) in [4.78, 5) is 15.2. The maximum Gasteiger partial charge on any atom is 0.360 e. The van der Waals surface area contributed by atoms with E-state index < -0.39 is 11.8 Å². The molecule has 0 unspecified atom stereocenters. The monoisotopic (exact) mass is 269 g/mol. The lowest BCUT2D eigenvalue weighted by molar-refractivity contribution is 0.0596. The minimum atomic E-state index is -0.659. The molecule has 0 aliphatic carbocycles. The van der Waals surface area contributed by atoms with Crippen LogP contribution < -0.4 is 5.73 Å². The van der Waals surface area contributed by atoms with Gasteiger partial charge in [-0.1, -0.05) is 11.6 Å². The Kier molecular flexibility index (Phi) is 3.20. The number of anilines is 1. The van der Waals surface area contributed by atoms with Gasteiger partial charge in [-0.25, -0.2) is 14.2 Å². The van der Waals surface area contributed by atoms with Gasteiger partial charge in [-0.3, -0.25) is 4.57 Å². The topological polar surface area (TPSA) is 70.1 Å². The molecule has 0 radical (unpaired) electrons. The van der Waals surface area contributed by atoms with Crippen LogP contribution in [0.25, 0.3) is 5.69 Å². The van der Waals surface area contributed by atoms with Gasteiger partial charge in [-0.15, -0.1) is 0 Å². The normalized spacial score (nSPS) is 10.4. The van der Waals surface area contributed by atoms with E-state index in [9.17, 15) is 9.18 Å². The number of carbonyl (C=O) groups is 1. The number of hydrogen-bond donors (Lipinski definition) is 1. The van der Waals surface area contributed by atoms with Gasteiger partial charge >= 0.3 is 5.97 Å². The van der Waals surface area contributed by atoms with Gasteiger partial charge < -0.3 is 10.5 Å². The first-order valence-corrected chi connectivity index (χ1v) is 5.28. The summed E-state index contributed by atoms with van der Waals surface area (Å²) in [7, 11) is 1.22. The molecule has 7 heteroatoms. The molecule has 18 heavy (non-hydrogen) atoms. The SMILES string of the molecule is COC(=O)c1ncn(-c2cc(F)cc(Cl)c2)c1N. The van der Waals surface area contributed by atoms with Crippen LogP contribution in [0.4, 0.5) is 10.2 Å². The molecule has 2 N–H and O–H groups in total. The molecule has 0 atom stereocenters. The summed E-state index contributed by atoms with van der Waals surface area (Å²) >= 11 is 5.74. The maximum absolute atomic E-state index is 13.2. The van der Waals surface area contributed by atoms with E-state index in [4.69, 9.17) is 17.3 Å². The van der Waals surface area contributed by atoms with E-state index in [1.807, 2.05) is 0 Å². The summed E-state index contributed by atoms with van der Waals surface area (Å²) in [5, 5.41) is 0.220. The van der Waals surface area contributed by atoms with Crippen molar-refractivity contribution >= 4 is 23.4 Å². The molecule has 0 saturated heterocycles. The molecule has 1 aromatic carbocycles. The Bertz CT molecular complexity index is 592. The van der Waals surface area contributed by atoms with Gasteiger partial charge in [0.1, 0.15) is 18.0 Å². The summed E-state index contributed by atoms with van der Waals surface area (Å²) in [6.07, 6.45) is 1.30. The minimum absolute atomic E-state index is 0.0297. The number of nitrogen functional groups attached to an aromatic ring is 1. The number of nitrogens with zero attached hydrogens (tertiary/aromatic N) is 2. The van der Waals surface area contributed by atoms with Crippen molar-refractivity contribution in [1.29, 1.82) is 0 Å². The van der Waals surface area contributed by atoms with Crippen molar-refractivity contribution in [2.75, 3.05) is 12.8 Å². The Hall–Kier alpha value is -2.08. The number of aromatic nitrogens is 2. The molecule has 0 saturated carbocycles. The third-order valence-corrected chi connectivity index (χ3v) is 2.53. The summed E-state index contributed by atoms with van der Waals surface area (Å²) in [6, 6.07) is 3.90. The van der Waals surface area contributed by atoms with E-state index in [0.717, 1.165) is 0 Å². The fourth-order valence-corrected chi connectivity index (χ4v) is 1.71. The minimum Gasteiger partial charge on any atom is -0.464 e. The zero-order chi connectivity index (χ0) is 13.3. The molecular weight excluding hydrogens is 261 g/mol. The Morgan fingerprint density at radius 1 is 1.50 bits per heavy atom. The zero-order valence-corrected chi connectivity index (χ0v) is 10.1. The van der Waals surface area contributed by atoms with Crippen LogP contribution in [0.2, 0.25) is 5.02 Å². The Balaban J connectivity index is 2.52. The first-order valence-electron chi connectivity index (χ1n) is 4.90. The molecule has 0 aliphatic heterocycles. The van der Waals surface area contributed by atoms with Crippen LogP contribution in [0.1, 0.15) is 10.5 Å². The standard InChI is InChI=1S/C11H9ClFN3O2/c1-18-11(17)9-10(14)16(5-15-9)8-3-6(12)2-7(13)4-8/h2-5H,14H2,1H3. The molecule has 94 valence electrons. The predicted molar refractivity (Wildman–Crippen MR) is 64.3 cm³/mol. The van der Waals surface area contributed by atoms with Crippen molar-refractivity contribution in [2.45, 2.75) is 0 Å². The number of carbonyl (C=O) groups excluding carboxylic acids is 1. The maximum atomic E-state index is 13.2. The van der Waals surface area contributed by atoms with Crippen LogP contribution in [0.5, 0.6) is 0 Å². The van der Waals surface area contributed by atoms with Gasteiger partial charge in [0.05, 0.1) is 12.8 Å². The number of benzene rings is 1. The van der Waals surface area contributed by atoms with Crippen LogP contribution >= 0.6 is 11.6 Å². The van der Waals surface area contributed by atoms with Gasteiger partial charge in [0.15, 0.2) is 5.69 Å². The largest absolute Gasteiger partial charge is 0.464 e. The molecule has 0 spiro atoms. The first kappa shape index (κ1) is 12.4. The highest BCUT2D eigenvalue weighted by Gasteiger charge is 2.17. The lowest BCUT2D eigenvalue weighted by Crippen LogP contribution is -2.07. The summed E-state index contributed by atoms with van der Waals surface area (Å²) < 4.78 is 19.1. The van der Waals surface area contributed by atoms with E-state index in [0.29, 0.717) is 5.69 Å². The Labute approximate surface area is 107 Å². The number of esters is 1. The molecule has 0 aliphatic rings. The Morgan fingerprint density at radius 3 is 2.83 bits per heavy atom. The van der Waals surface area contributed by atoms with E-state index in [2.05, 4.69) is 9.72 Å². The fraction of sp³-hybridized carbons (Fsp3) is 0.0909. The number of hydrogen-bond acceptors (Lipinski definition) is 4. The van der Waals surface area contributed by atoms with Gasteiger partial charge in [-0.05, 0) is 18.2 Å². The van der Waals surface area contributed by atoms with Crippen molar-refractivity contribution in [2.24, 2.45) is 0 Å². The van der Waals surface area contributed by atoms with Crippen molar-refractivity contribution in [3.05, 3.63) is 41.1 Å². The van der Waals surface area contributed by atoms with Crippen LogP contribution in [-0.4, -0.2) is 22.6 Å². The van der Waals surface area contributed by atoms with Crippen LogP contribution in [-0.2, 0) is 4.74 Å². The third kappa shape index (κ3) is 2.14. The average molecular weight is 270 g/mol. The van der Waals surface area contributed by atoms with Crippen molar-refractivity contribution in [3.63, 3.8) is 0 Å². The van der Waals surface area contributed by atoms with Crippen LogP contribution in [0, 0.1) is 5.82 Å². The van der Waals surface area contributed by atoms with Crippen molar-refractivity contribution < 1.29 is 13.9 Å². The van der Waals surface area contributed by atoms with Crippen molar-refractivity contribution in [3.8, 4) is 5.69 Å². The third-order valence-electron chi connectivity index (χ3n) is 2.31. The molecule has 2 aromatic rings. The molecule has 0 amide bonds. The van der Waals surface area contributed by atoms with Crippen LogP contribution in [0.3, 0.4) is 0 Å². The number of nitrogens with two attached hydrogens (primary N) is 1. The summed E-state index contributed by atoms with van der Waals surface area (Å²) in [5.74, 6) is -1.11. The highest BCUT2D eigenvalue weighted by atomic mass is 35.5. The van der Waals surface area contributed by atoms with Crippen molar-refractivity contribution in [1.82, 2.24) is 9.55 Å². The lowest BCUT2D eigenvalue weighted by Gasteiger charge is -2.06. The van der Waals surface area contributed by atoms with E-state index in [1.54, 1.807) is 0 Å². The average Bonchev–Trinajstić information content (AvgIpc) is 2.69. The quantitative estimate of drug-likeness (QED) is 0.847. The number of ether oxygens (including phenoxy) is 1. The molecule has 0 bridgehead atoms. The van der Waals surface area contributed by atoms with Gasteiger partial charge in [-0.2, -0.15) is 0 Å². The summed E-state index contributed by atoms with van der Waals surface area (Å²) in [6.45, 7) is 0. The van der Waals surface area contributed by atoms with E-state index in [-0.39, 0.29) is 16.5 Å². The molecule has 0 fully saturated rings. The summed E-state index contributed by atoms with van der Waals surface area (Å²) in [5.41, 5.74) is 6.09. The number of methoxy groups -OCH3 is 1. The van der Waals surface area contributed by atoms with E-state index in [1.165, 1.54) is 36.2 Å². The number of rotatable bonds is 2. The smallest absolute Gasteiger partial charge is 0.360 e. The van der Waals surface area contributed by atoms with E-state index >= 15 is 0 Å². The fourth-order valence-electron chi connectivity index (χ4n) is 1.50. The lowest BCUT2D eigenvalue weighted by atomic mass is 10.3. The Morgan fingerprint density at radius 2 is 2.22 bits per heavy atom. The van der Waals surface area contributed by atoms with Gasteiger partial charge in [0, 0.05) is 5.02 Å². The first-order chi connectivity index (χ1) is 8.52. The zero-order valence-electron chi connectivity index (χ0n) is 9.35. The second-order valence-electron chi connectivity index (χ2n) is 3.47. The molecule has 1 heterocycles. The molecule has 2 rings (SSSR count). The molecule has 5 nitrogen and oxygen atoms in total. The molecule has 1 aromatic heterocycles. The highest BCUT2D eigenvalue weighted by Crippen LogP contribution is 2.22. The molecular formula is C11H9ClFN3O2. The van der Waals surface area contributed by atoms with Gasteiger partial charge in [0.2, 0.25) is 0 Å². The second-order valence-corrected chi connectivity index (χ2v) is 3.90. The number of imidazole rings is 1. The second kappa shape index (κ2) is 4.66.